The zero-order valence-corrected chi connectivity index (χ0v) is 12.5. The van der Waals surface area contributed by atoms with Crippen LogP contribution in [0.4, 0.5) is 5.69 Å². The lowest BCUT2D eigenvalue weighted by molar-refractivity contribution is -0.110. The van der Waals surface area contributed by atoms with E-state index >= 15 is 0 Å². The number of benzene rings is 2. The quantitative estimate of drug-likeness (QED) is 0.614. The summed E-state index contributed by atoms with van der Waals surface area (Å²) >= 11 is 2.22. The topological polar surface area (TPSA) is 52.9 Å². The van der Waals surface area contributed by atoms with Gasteiger partial charge in [0.15, 0.2) is 0 Å². The number of nitriles is 1. The summed E-state index contributed by atoms with van der Waals surface area (Å²) in [6.07, 6.45) is 1.77. The molecule has 0 spiro atoms. The first-order valence-corrected chi connectivity index (χ1v) is 7.09. The summed E-state index contributed by atoms with van der Waals surface area (Å²) in [5.41, 5.74) is 3.62. The maximum absolute atomic E-state index is 12.1. The van der Waals surface area contributed by atoms with E-state index in [9.17, 15) is 4.79 Å². The van der Waals surface area contributed by atoms with Gasteiger partial charge in [-0.25, -0.2) is 0 Å². The number of anilines is 1. The molecule has 1 heterocycles. The van der Waals surface area contributed by atoms with Crippen molar-refractivity contribution < 1.29 is 4.79 Å². The van der Waals surface area contributed by atoms with Crippen LogP contribution in [-0.4, -0.2) is 5.91 Å². The molecule has 0 aliphatic carbocycles. The van der Waals surface area contributed by atoms with Crippen LogP contribution in [0.15, 0.2) is 42.5 Å². The summed E-state index contributed by atoms with van der Waals surface area (Å²) in [5.74, 6) is -0.130. The first-order valence-electron chi connectivity index (χ1n) is 6.01. The van der Waals surface area contributed by atoms with Crippen LogP contribution in [0, 0.1) is 14.9 Å². The highest BCUT2D eigenvalue weighted by Gasteiger charge is 2.24. The first-order chi connectivity index (χ1) is 9.69. The smallest absolute Gasteiger partial charge is 0.256 e. The lowest BCUT2D eigenvalue weighted by Gasteiger charge is -2.01. The van der Waals surface area contributed by atoms with E-state index in [4.69, 9.17) is 5.26 Å². The maximum atomic E-state index is 12.1. The van der Waals surface area contributed by atoms with Crippen molar-refractivity contribution in [1.82, 2.24) is 0 Å². The Labute approximate surface area is 130 Å². The molecule has 3 rings (SSSR count). The second-order valence-corrected chi connectivity index (χ2v) is 5.65. The molecule has 3 nitrogen and oxygen atoms in total. The zero-order chi connectivity index (χ0) is 14.1. The van der Waals surface area contributed by atoms with E-state index in [1.54, 1.807) is 12.1 Å². The molecular weight excluding hydrogens is 363 g/mol. The third-order valence-corrected chi connectivity index (χ3v) is 3.82. The van der Waals surface area contributed by atoms with Crippen LogP contribution >= 0.6 is 22.6 Å². The van der Waals surface area contributed by atoms with E-state index in [-0.39, 0.29) is 5.91 Å². The molecule has 0 atom stereocenters. The van der Waals surface area contributed by atoms with E-state index in [1.807, 2.05) is 36.4 Å². The Morgan fingerprint density at radius 2 is 2.00 bits per heavy atom. The van der Waals surface area contributed by atoms with Crippen molar-refractivity contribution in [3.8, 4) is 6.07 Å². The minimum absolute atomic E-state index is 0.130. The van der Waals surface area contributed by atoms with E-state index in [0.717, 1.165) is 20.4 Å². The summed E-state index contributed by atoms with van der Waals surface area (Å²) < 4.78 is 1.07. The number of nitrogens with zero attached hydrogens (tertiary/aromatic N) is 1. The number of hydrogen-bond donors (Lipinski definition) is 1. The minimum atomic E-state index is -0.130. The number of carbonyl (C=O) groups is 1. The van der Waals surface area contributed by atoms with Crippen LogP contribution in [0.2, 0.25) is 0 Å². The van der Waals surface area contributed by atoms with Crippen LogP contribution < -0.4 is 5.32 Å². The molecule has 0 saturated carbocycles. The predicted molar refractivity (Wildman–Crippen MR) is 86.8 cm³/mol. The van der Waals surface area contributed by atoms with Gasteiger partial charge in [0.05, 0.1) is 11.6 Å². The first kappa shape index (κ1) is 12.9. The number of halogens is 1. The van der Waals surface area contributed by atoms with Gasteiger partial charge in [0.25, 0.3) is 5.91 Å². The number of amides is 1. The summed E-state index contributed by atoms with van der Waals surface area (Å²) in [5, 5.41) is 12.0. The third-order valence-electron chi connectivity index (χ3n) is 3.15. The fourth-order valence-electron chi connectivity index (χ4n) is 2.18. The van der Waals surface area contributed by atoms with Crippen molar-refractivity contribution in [2.75, 3.05) is 5.32 Å². The van der Waals surface area contributed by atoms with Crippen LogP contribution in [0.25, 0.3) is 11.6 Å². The molecule has 0 fully saturated rings. The molecule has 1 aliphatic rings. The Morgan fingerprint density at radius 3 is 2.80 bits per heavy atom. The second-order valence-electron chi connectivity index (χ2n) is 4.40. The van der Waals surface area contributed by atoms with Gasteiger partial charge in [-0.05, 0) is 58.5 Å². The van der Waals surface area contributed by atoms with Gasteiger partial charge in [0.1, 0.15) is 0 Å². The van der Waals surface area contributed by atoms with Gasteiger partial charge in [-0.2, -0.15) is 5.26 Å². The fourth-order valence-corrected chi connectivity index (χ4v) is 2.67. The number of hydrogen-bond acceptors (Lipinski definition) is 2. The Bertz CT molecular complexity index is 787. The number of rotatable bonds is 1. The molecule has 0 radical (unpaired) electrons. The molecular formula is C16H9IN2O. The molecule has 4 heteroatoms. The lowest BCUT2D eigenvalue weighted by atomic mass is 10.0. The lowest BCUT2D eigenvalue weighted by Crippen LogP contribution is -2.03. The Kier molecular flexibility index (Phi) is 3.28. The summed E-state index contributed by atoms with van der Waals surface area (Å²) in [6, 6.07) is 15.2. The molecule has 0 aromatic heterocycles. The van der Waals surface area contributed by atoms with E-state index in [2.05, 4.69) is 34.0 Å². The highest BCUT2D eigenvalue weighted by molar-refractivity contribution is 14.1. The highest BCUT2D eigenvalue weighted by Crippen LogP contribution is 2.34. The molecule has 0 unspecified atom stereocenters. The fraction of sp³-hybridized carbons (Fsp3) is 0. The highest BCUT2D eigenvalue weighted by atomic mass is 127. The van der Waals surface area contributed by atoms with Crippen LogP contribution in [-0.2, 0) is 4.79 Å². The number of fused-ring (bicyclic) bond motifs is 1. The normalized spacial score (nSPS) is 14.8. The molecule has 1 amide bonds. The molecule has 2 aromatic carbocycles. The van der Waals surface area contributed by atoms with Crippen molar-refractivity contribution in [2.45, 2.75) is 0 Å². The average molecular weight is 372 g/mol. The predicted octanol–water partition coefficient (Wildman–Crippen LogP) is 3.66. The van der Waals surface area contributed by atoms with Gasteiger partial charge in [-0.1, -0.05) is 18.2 Å². The van der Waals surface area contributed by atoms with Crippen LogP contribution in [0.3, 0.4) is 0 Å². The van der Waals surface area contributed by atoms with Crippen molar-refractivity contribution >= 4 is 45.8 Å². The van der Waals surface area contributed by atoms with Gasteiger partial charge in [-0.15, -0.1) is 0 Å². The van der Waals surface area contributed by atoms with Crippen LogP contribution in [0.5, 0.6) is 0 Å². The largest absolute Gasteiger partial charge is 0.321 e. The third kappa shape index (κ3) is 2.21. The van der Waals surface area contributed by atoms with Crippen molar-refractivity contribution in [3.05, 3.63) is 62.7 Å². The number of nitrogens with one attached hydrogen (secondary N) is 1. The summed E-state index contributed by atoms with van der Waals surface area (Å²) in [4.78, 5) is 12.1. The Balaban J connectivity index is 2.16. The minimum Gasteiger partial charge on any atom is -0.321 e. The molecule has 1 aliphatic heterocycles. The Hall–Kier alpha value is -2.13. The second kappa shape index (κ2) is 5.10. The zero-order valence-electron chi connectivity index (χ0n) is 10.4. The Morgan fingerprint density at radius 1 is 1.20 bits per heavy atom. The molecule has 20 heavy (non-hydrogen) atoms. The SMILES string of the molecule is N#Cc1ccccc1C=C1C(=O)Nc2ccc(I)cc21. The molecule has 0 bridgehead atoms. The molecule has 1 N–H and O–H groups in total. The van der Waals surface area contributed by atoms with Crippen molar-refractivity contribution in [3.63, 3.8) is 0 Å². The standard InChI is InChI=1S/C16H9IN2O/c17-12-5-6-15-13(8-12)14(16(20)19-15)7-10-3-1-2-4-11(10)9-18/h1-8H,(H,19,20). The van der Waals surface area contributed by atoms with Gasteiger partial charge in [0, 0.05) is 20.4 Å². The van der Waals surface area contributed by atoms with Gasteiger partial charge >= 0.3 is 0 Å². The summed E-state index contributed by atoms with van der Waals surface area (Å²) in [7, 11) is 0. The van der Waals surface area contributed by atoms with E-state index in [1.165, 1.54) is 0 Å². The molecule has 96 valence electrons. The van der Waals surface area contributed by atoms with E-state index < -0.39 is 0 Å². The molecule has 0 saturated heterocycles. The monoisotopic (exact) mass is 372 g/mol. The van der Waals surface area contributed by atoms with Gasteiger partial charge in [-0.3, -0.25) is 4.79 Å². The molecule has 2 aromatic rings. The van der Waals surface area contributed by atoms with Crippen molar-refractivity contribution in [2.24, 2.45) is 0 Å². The summed E-state index contributed by atoms with van der Waals surface area (Å²) in [6.45, 7) is 0. The van der Waals surface area contributed by atoms with Gasteiger partial charge in [0.2, 0.25) is 0 Å². The average Bonchev–Trinajstić information content (AvgIpc) is 2.76. The maximum Gasteiger partial charge on any atom is 0.256 e. The number of carbonyl (C=O) groups excluding carboxylic acids is 1. The van der Waals surface area contributed by atoms with Crippen LogP contribution in [0.1, 0.15) is 16.7 Å². The van der Waals surface area contributed by atoms with Crippen molar-refractivity contribution in [1.29, 1.82) is 5.26 Å². The van der Waals surface area contributed by atoms with Gasteiger partial charge < -0.3 is 5.32 Å². The van der Waals surface area contributed by atoms with E-state index in [0.29, 0.717) is 11.1 Å².